The van der Waals surface area contributed by atoms with Gasteiger partial charge in [-0.05, 0) is 25.5 Å². The van der Waals surface area contributed by atoms with E-state index >= 15 is 0 Å². The molecule has 0 aliphatic carbocycles. The minimum Gasteiger partial charge on any atom is -0.383 e. The molecule has 1 aromatic rings. The largest absolute Gasteiger partial charge is 0.383 e. The van der Waals surface area contributed by atoms with Crippen molar-refractivity contribution in [2.75, 3.05) is 43.1 Å². The molecular weight excluding hydrogens is 276 g/mol. The Morgan fingerprint density at radius 2 is 2.20 bits per heavy atom. The summed E-state index contributed by atoms with van der Waals surface area (Å²) in [4.78, 5) is 12.7. The van der Waals surface area contributed by atoms with Crippen LogP contribution in [0.1, 0.15) is 13.3 Å². The Morgan fingerprint density at radius 3 is 2.90 bits per heavy atom. The molecule has 1 aliphatic rings. The minimum absolute atomic E-state index is 0.679. The minimum atomic E-state index is 0.679. The molecule has 0 amide bonds. The summed E-state index contributed by atoms with van der Waals surface area (Å²) in [6, 6.07) is 5.84. The Balaban J connectivity index is 2.11. The SMILES string of the molecule is CC(=C=O)CCNc1cccc(Cl)c1N1CCOCC1. The van der Waals surface area contributed by atoms with Crippen LogP contribution in [-0.4, -0.2) is 38.8 Å². The number of ether oxygens (including phenoxy) is 1. The third-order valence-electron chi connectivity index (χ3n) is 3.30. The van der Waals surface area contributed by atoms with Crippen LogP contribution >= 0.6 is 11.6 Å². The lowest BCUT2D eigenvalue weighted by atomic mass is 10.2. The molecule has 1 aromatic carbocycles. The van der Waals surface area contributed by atoms with Gasteiger partial charge in [-0.3, -0.25) is 0 Å². The van der Waals surface area contributed by atoms with Crippen molar-refractivity contribution in [2.24, 2.45) is 0 Å². The van der Waals surface area contributed by atoms with Crippen LogP contribution in [0.5, 0.6) is 0 Å². The number of para-hydroxylation sites is 1. The van der Waals surface area contributed by atoms with E-state index in [4.69, 9.17) is 16.3 Å². The van der Waals surface area contributed by atoms with Crippen LogP contribution in [0.4, 0.5) is 11.4 Å². The van der Waals surface area contributed by atoms with Crippen molar-refractivity contribution in [3.05, 3.63) is 28.8 Å². The molecular formula is C15H19ClN2O2. The van der Waals surface area contributed by atoms with E-state index in [0.717, 1.165) is 42.7 Å². The van der Waals surface area contributed by atoms with Crippen LogP contribution in [-0.2, 0) is 9.53 Å². The average molecular weight is 295 g/mol. The van der Waals surface area contributed by atoms with Gasteiger partial charge >= 0.3 is 0 Å². The summed E-state index contributed by atoms with van der Waals surface area (Å²) in [5.41, 5.74) is 2.73. The fourth-order valence-electron chi connectivity index (χ4n) is 2.20. The third-order valence-corrected chi connectivity index (χ3v) is 3.61. The number of halogens is 1. The highest BCUT2D eigenvalue weighted by molar-refractivity contribution is 6.34. The average Bonchev–Trinajstić information content (AvgIpc) is 2.48. The zero-order valence-corrected chi connectivity index (χ0v) is 12.4. The number of morpholine rings is 1. The molecule has 0 atom stereocenters. The van der Waals surface area contributed by atoms with Crippen LogP contribution in [0.25, 0.3) is 0 Å². The maximum Gasteiger partial charge on any atom is 0.123 e. The monoisotopic (exact) mass is 294 g/mol. The topological polar surface area (TPSA) is 41.6 Å². The van der Waals surface area contributed by atoms with Crippen molar-refractivity contribution in [2.45, 2.75) is 13.3 Å². The lowest BCUT2D eigenvalue weighted by molar-refractivity contribution is 0.123. The van der Waals surface area contributed by atoms with Gasteiger partial charge in [0.15, 0.2) is 0 Å². The number of anilines is 2. The highest BCUT2D eigenvalue weighted by atomic mass is 35.5. The highest BCUT2D eigenvalue weighted by Gasteiger charge is 2.17. The smallest absolute Gasteiger partial charge is 0.123 e. The normalized spacial score (nSPS) is 14.8. The molecule has 20 heavy (non-hydrogen) atoms. The molecule has 1 fully saturated rings. The zero-order valence-electron chi connectivity index (χ0n) is 11.6. The fourth-order valence-corrected chi connectivity index (χ4v) is 2.50. The number of benzene rings is 1. The quantitative estimate of drug-likeness (QED) is 0.848. The van der Waals surface area contributed by atoms with Gasteiger partial charge in [-0.15, -0.1) is 0 Å². The van der Waals surface area contributed by atoms with Crippen molar-refractivity contribution in [1.82, 2.24) is 0 Å². The zero-order chi connectivity index (χ0) is 14.4. The summed E-state index contributed by atoms with van der Waals surface area (Å²) in [6.07, 6.45) is 0.679. The van der Waals surface area contributed by atoms with Crippen molar-refractivity contribution in [3.8, 4) is 0 Å². The number of carbonyl (C=O) groups excluding carboxylic acids is 1. The van der Waals surface area contributed by atoms with Gasteiger partial charge in [0.1, 0.15) is 5.94 Å². The summed E-state index contributed by atoms with van der Waals surface area (Å²) < 4.78 is 5.38. The molecule has 5 heteroatoms. The van der Waals surface area contributed by atoms with Crippen molar-refractivity contribution in [1.29, 1.82) is 0 Å². The van der Waals surface area contributed by atoms with E-state index in [1.807, 2.05) is 24.1 Å². The van der Waals surface area contributed by atoms with Gasteiger partial charge in [0.25, 0.3) is 0 Å². The Morgan fingerprint density at radius 1 is 1.45 bits per heavy atom. The molecule has 1 N–H and O–H groups in total. The van der Waals surface area contributed by atoms with Gasteiger partial charge in [0, 0.05) is 25.2 Å². The van der Waals surface area contributed by atoms with Crippen molar-refractivity contribution < 1.29 is 9.53 Å². The molecule has 0 bridgehead atoms. The number of nitrogens with one attached hydrogen (secondary N) is 1. The predicted molar refractivity (Wildman–Crippen MR) is 82.5 cm³/mol. The fraction of sp³-hybridized carbons (Fsp3) is 0.467. The second-order valence-corrected chi connectivity index (χ2v) is 5.20. The first-order valence-corrected chi connectivity index (χ1v) is 7.16. The van der Waals surface area contributed by atoms with E-state index in [1.165, 1.54) is 0 Å². The lowest BCUT2D eigenvalue weighted by Crippen LogP contribution is -2.36. The number of nitrogens with zero attached hydrogens (tertiary/aromatic N) is 1. The van der Waals surface area contributed by atoms with Gasteiger partial charge in [0.05, 0.1) is 29.6 Å². The number of hydrogen-bond acceptors (Lipinski definition) is 4. The van der Waals surface area contributed by atoms with Crippen LogP contribution in [0.2, 0.25) is 5.02 Å². The maximum absolute atomic E-state index is 10.5. The standard InChI is InChI=1S/C15H19ClN2O2/c1-12(11-19)5-6-17-14-4-2-3-13(16)15(14)18-7-9-20-10-8-18/h2-4,17H,5-10H2,1H3. The first-order valence-electron chi connectivity index (χ1n) is 6.78. The van der Waals surface area contributed by atoms with Crippen molar-refractivity contribution in [3.63, 3.8) is 0 Å². The van der Waals surface area contributed by atoms with Gasteiger partial charge in [-0.25, -0.2) is 4.79 Å². The summed E-state index contributed by atoms with van der Waals surface area (Å²) in [6.45, 7) is 5.60. The molecule has 0 radical (unpaired) electrons. The van der Waals surface area contributed by atoms with E-state index in [1.54, 1.807) is 6.92 Å². The number of hydrogen-bond donors (Lipinski definition) is 1. The molecule has 108 valence electrons. The molecule has 0 saturated carbocycles. The van der Waals surface area contributed by atoms with E-state index in [-0.39, 0.29) is 0 Å². The predicted octanol–water partition coefficient (Wildman–Crippen LogP) is 2.76. The van der Waals surface area contributed by atoms with Crippen LogP contribution < -0.4 is 10.2 Å². The molecule has 0 unspecified atom stereocenters. The molecule has 4 nitrogen and oxygen atoms in total. The van der Waals surface area contributed by atoms with Crippen LogP contribution in [0.3, 0.4) is 0 Å². The lowest BCUT2D eigenvalue weighted by Gasteiger charge is -2.31. The van der Waals surface area contributed by atoms with Gasteiger partial charge in [-0.1, -0.05) is 17.7 Å². The molecule has 1 saturated heterocycles. The van der Waals surface area contributed by atoms with Gasteiger partial charge in [-0.2, -0.15) is 0 Å². The maximum atomic E-state index is 10.5. The second kappa shape index (κ2) is 7.34. The molecule has 1 aliphatic heterocycles. The summed E-state index contributed by atoms with van der Waals surface area (Å²) >= 11 is 6.34. The Labute approximate surface area is 124 Å². The molecule has 2 rings (SSSR count). The molecule has 0 spiro atoms. The molecule has 1 heterocycles. The Kier molecular flexibility index (Phi) is 5.48. The van der Waals surface area contributed by atoms with Crippen molar-refractivity contribution >= 4 is 28.9 Å². The van der Waals surface area contributed by atoms with E-state index < -0.39 is 0 Å². The third kappa shape index (κ3) is 3.76. The Hall–Kier alpha value is -1.48. The first kappa shape index (κ1) is 14.9. The first-order chi connectivity index (χ1) is 9.72. The van der Waals surface area contributed by atoms with E-state index in [9.17, 15) is 4.79 Å². The van der Waals surface area contributed by atoms with Gasteiger partial charge in [0.2, 0.25) is 0 Å². The van der Waals surface area contributed by atoms with E-state index in [0.29, 0.717) is 18.5 Å². The van der Waals surface area contributed by atoms with E-state index in [2.05, 4.69) is 10.2 Å². The van der Waals surface area contributed by atoms with Crippen LogP contribution in [0.15, 0.2) is 23.8 Å². The molecule has 0 aromatic heterocycles. The summed E-state index contributed by atoms with van der Waals surface area (Å²) in [5, 5.41) is 4.09. The second-order valence-electron chi connectivity index (χ2n) is 4.79. The number of rotatable bonds is 5. The van der Waals surface area contributed by atoms with Gasteiger partial charge < -0.3 is 15.0 Å². The highest BCUT2D eigenvalue weighted by Crippen LogP contribution is 2.34. The van der Waals surface area contributed by atoms with Crippen LogP contribution in [0, 0.1) is 0 Å². The summed E-state index contributed by atoms with van der Waals surface area (Å²) in [7, 11) is 0. The summed E-state index contributed by atoms with van der Waals surface area (Å²) in [5.74, 6) is 1.91. The Bertz CT molecular complexity index is 507.